The Bertz CT molecular complexity index is 770. The largest absolute Gasteiger partial charge is 0.351 e. The van der Waals surface area contributed by atoms with E-state index in [2.05, 4.69) is 34.5 Å². The van der Waals surface area contributed by atoms with Gasteiger partial charge in [0, 0.05) is 44.0 Å². The maximum Gasteiger partial charge on any atom is 0.251 e. The number of nitrogens with zero attached hydrogens (tertiary/aromatic N) is 2. The topological polar surface area (TPSA) is 54.3 Å². The number of aromatic nitrogens is 1. The number of hydrogen-bond donors (Lipinski definition) is 1. The highest BCUT2D eigenvalue weighted by atomic mass is 16.2. The first-order valence-corrected chi connectivity index (χ1v) is 8.93. The summed E-state index contributed by atoms with van der Waals surface area (Å²) in [6.07, 6.45) is 2.83. The predicted octanol–water partition coefficient (Wildman–Crippen LogP) is 2.09. The monoisotopic (exact) mass is 339 g/mol. The molecule has 0 saturated carbocycles. The molecule has 1 aliphatic heterocycles. The summed E-state index contributed by atoms with van der Waals surface area (Å²) in [5, 5.41) is 2.92. The molecule has 1 aromatic carbocycles. The third kappa shape index (κ3) is 4.37. The number of nitrogens with one attached hydrogen (secondary N) is 1. The molecule has 132 valence electrons. The van der Waals surface area contributed by atoms with Gasteiger partial charge in [-0.2, -0.15) is 0 Å². The van der Waals surface area contributed by atoms with Crippen LogP contribution in [0.3, 0.4) is 0 Å². The first kappa shape index (κ1) is 17.4. The molecule has 3 rings (SSSR count). The number of pyridine rings is 1. The average molecular weight is 339 g/mol. The van der Waals surface area contributed by atoms with Gasteiger partial charge in [0.2, 0.25) is 0 Å². The van der Waals surface area contributed by atoms with E-state index >= 15 is 0 Å². The van der Waals surface area contributed by atoms with E-state index < -0.39 is 0 Å². The molecule has 2 heterocycles. The van der Waals surface area contributed by atoms with Crippen molar-refractivity contribution in [3.05, 3.63) is 70.1 Å². The maximum atomic E-state index is 12.2. The van der Waals surface area contributed by atoms with Gasteiger partial charge in [-0.15, -0.1) is 0 Å². The summed E-state index contributed by atoms with van der Waals surface area (Å²) in [6.45, 7) is 6.03. The van der Waals surface area contributed by atoms with Gasteiger partial charge in [-0.3, -0.25) is 9.59 Å². The van der Waals surface area contributed by atoms with Gasteiger partial charge in [0.25, 0.3) is 11.5 Å². The quantitative estimate of drug-likeness (QED) is 0.877. The minimum Gasteiger partial charge on any atom is -0.351 e. The minimum atomic E-state index is -0.181. The fraction of sp³-hybridized carbons (Fsp3) is 0.400. The summed E-state index contributed by atoms with van der Waals surface area (Å²) in [6, 6.07) is 13.7. The molecule has 5 heteroatoms. The van der Waals surface area contributed by atoms with Crippen LogP contribution < -0.4 is 10.9 Å². The maximum absolute atomic E-state index is 12.2. The van der Waals surface area contributed by atoms with Crippen LogP contribution >= 0.6 is 0 Å². The van der Waals surface area contributed by atoms with Crippen molar-refractivity contribution in [3.63, 3.8) is 0 Å². The van der Waals surface area contributed by atoms with Gasteiger partial charge < -0.3 is 14.8 Å². The zero-order valence-corrected chi connectivity index (χ0v) is 14.6. The van der Waals surface area contributed by atoms with E-state index in [1.807, 2.05) is 13.0 Å². The van der Waals surface area contributed by atoms with Gasteiger partial charge in [-0.25, -0.2) is 0 Å². The third-order valence-corrected chi connectivity index (χ3v) is 4.86. The van der Waals surface area contributed by atoms with Crippen molar-refractivity contribution >= 4 is 5.91 Å². The van der Waals surface area contributed by atoms with Crippen LogP contribution in [0.2, 0.25) is 0 Å². The number of carbonyl (C=O) groups excluding carboxylic acids is 1. The highest BCUT2D eigenvalue weighted by Gasteiger charge is 2.23. The van der Waals surface area contributed by atoms with Crippen molar-refractivity contribution in [2.45, 2.75) is 25.8 Å². The molecule has 0 radical (unpaired) electrons. The Kier molecular flexibility index (Phi) is 5.66. The molecule has 1 atom stereocenters. The Labute approximate surface area is 148 Å². The summed E-state index contributed by atoms with van der Waals surface area (Å²) in [5.41, 5.74) is 1.68. The number of hydrogen-bond acceptors (Lipinski definition) is 3. The molecule has 0 unspecified atom stereocenters. The molecule has 1 saturated heterocycles. The Morgan fingerprint density at radius 2 is 2.04 bits per heavy atom. The zero-order chi connectivity index (χ0) is 17.6. The molecule has 1 amide bonds. The lowest BCUT2D eigenvalue weighted by Crippen LogP contribution is -2.34. The summed E-state index contributed by atoms with van der Waals surface area (Å²) in [5.74, 6) is 0.401. The molecule has 25 heavy (non-hydrogen) atoms. The minimum absolute atomic E-state index is 0.139. The normalized spacial score (nSPS) is 17.6. The number of rotatable bonds is 6. The fourth-order valence-corrected chi connectivity index (χ4v) is 3.37. The van der Waals surface area contributed by atoms with E-state index in [-0.39, 0.29) is 11.5 Å². The Morgan fingerprint density at radius 3 is 2.76 bits per heavy atom. The van der Waals surface area contributed by atoms with Crippen LogP contribution in [-0.2, 0) is 6.54 Å². The van der Waals surface area contributed by atoms with Crippen LogP contribution in [0.25, 0.3) is 0 Å². The molecule has 2 aromatic rings. The van der Waals surface area contributed by atoms with E-state index in [0.717, 1.165) is 26.1 Å². The summed E-state index contributed by atoms with van der Waals surface area (Å²) < 4.78 is 1.57. The molecule has 1 aromatic heterocycles. The van der Waals surface area contributed by atoms with Crippen molar-refractivity contribution in [3.8, 4) is 0 Å². The van der Waals surface area contributed by atoms with Crippen LogP contribution in [0, 0.1) is 0 Å². The lowest BCUT2D eigenvalue weighted by molar-refractivity contribution is 0.0949. The first-order valence-electron chi connectivity index (χ1n) is 8.93. The van der Waals surface area contributed by atoms with Crippen molar-refractivity contribution in [2.75, 3.05) is 26.2 Å². The lowest BCUT2D eigenvalue weighted by atomic mass is 9.99. The fourth-order valence-electron chi connectivity index (χ4n) is 3.37. The van der Waals surface area contributed by atoms with Gasteiger partial charge in [0.15, 0.2) is 0 Å². The van der Waals surface area contributed by atoms with Crippen LogP contribution in [0.1, 0.15) is 35.2 Å². The number of aryl methyl sites for hydroxylation is 1. The predicted molar refractivity (Wildman–Crippen MR) is 98.9 cm³/mol. The van der Waals surface area contributed by atoms with Crippen molar-refractivity contribution in [1.82, 2.24) is 14.8 Å². The molecule has 0 bridgehead atoms. The van der Waals surface area contributed by atoms with Crippen molar-refractivity contribution in [1.29, 1.82) is 0 Å². The number of carbonyl (C=O) groups is 1. The number of benzene rings is 1. The Morgan fingerprint density at radius 1 is 1.24 bits per heavy atom. The third-order valence-electron chi connectivity index (χ3n) is 4.86. The molecular weight excluding hydrogens is 314 g/mol. The average Bonchev–Trinajstić information content (AvgIpc) is 3.11. The highest BCUT2D eigenvalue weighted by Crippen LogP contribution is 2.26. The van der Waals surface area contributed by atoms with E-state index in [1.165, 1.54) is 11.6 Å². The van der Waals surface area contributed by atoms with Crippen molar-refractivity contribution < 1.29 is 4.79 Å². The molecule has 0 spiro atoms. The Hall–Kier alpha value is -2.40. The van der Waals surface area contributed by atoms with Crippen LogP contribution in [0.4, 0.5) is 0 Å². The van der Waals surface area contributed by atoms with Crippen LogP contribution in [0.15, 0.2) is 53.5 Å². The number of likely N-dealkylation sites (tertiary alicyclic amines) is 1. The summed E-state index contributed by atoms with van der Waals surface area (Å²) in [7, 11) is 0. The van der Waals surface area contributed by atoms with Gasteiger partial charge >= 0.3 is 0 Å². The van der Waals surface area contributed by atoms with E-state index in [9.17, 15) is 9.59 Å². The molecular formula is C20H25N3O2. The SMILES string of the molecule is CCn1ccc(C(=O)NCCN2CC[C@H](c3ccccc3)C2)cc1=O. The van der Waals surface area contributed by atoms with Gasteiger partial charge in [0.1, 0.15) is 0 Å². The van der Waals surface area contributed by atoms with Crippen LogP contribution in [-0.4, -0.2) is 41.6 Å². The second-order valence-electron chi connectivity index (χ2n) is 6.49. The van der Waals surface area contributed by atoms with E-state index in [1.54, 1.807) is 16.8 Å². The second kappa shape index (κ2) is 8.12. The first-order chi connectivity index (χ1) is 12.2. The van der Waals surface area contributed by atoms with Gasteiger partial charge in [0.05, 0.1) is 0 Å². The summed E-state index contributed by atoms with van der Waals surface area (Å²) >= 11 is 0. The summed E-state index contributed by atoms with van der Waals surface area (Å²) in [4.78, 5) is 26.4. The molecule has 1 N–H and O–H groups in total. The standard InChI is InChI=1S/C20H25N3O2/c1-2-23-12-9-17(14-19(23)24)20(25)21-10-13-22-11-8-18(15-22)16-6-4-3-5-7-16/h3-7,9,12,14,18H,2,8,10-11,13,15H2,1H3,(H,21,25)/t18-/m0/s1. The van der Waals surface area contributed by atoms with Gasteiger partial charge in [-0.05, 0) is 37.4 Å². The Balaban J connectivity index is 1.46. The van der Waals surface area contributed by atoms with E-state index in [0.29, 0.717) is 24.6 Å². The molecule has 1 aliphatic rings. The van der Waals surface area contributed by atoms with Gasteiger partial charge in [-0.1, -0.05) is 30.3 Å². The van der Waals surface area contributed by atoms with Crippen LogP contribution in [0.5, 0.6) is 0 Å². The zero-order valence-electron chi connectivity index (χ0n) is 14.6. The number of amides is 1. The molecule has 1 fully saturated rings. The van der Waals surface area contributed by atoms with E-state index in [4.69, 9.17) is 0 Å². The highest BCUT2D eigenvalue weighted by molar-refractivity contribution is 5.93. The molecule has 0 aliphatic carbocycles. The van der Waals surface area contributed by atoms with Crippen molar-refractivity contribution in [2.24, 2.45) is 0 Å². The second-order valence-corrected chi connectivity index (χ2v) is 6.49. The smallest absolute Gasteiger partial charge is 0.251 e. The molecule has 5 nitrogen and oxygen atoms in total. The lowest BCUT2D eigenvalue weighted by Gasteiger charge is -2.16.